The molecule has 0 amide bonds. The molecule has 4 nitrogen and oxygen atoms in total. The van der Waals surface area contributed by atoms with E-state index in [-0.39, 0.29) is 13.2 Å². The minimum atomic E-state index is -0.0681. The van der Waals surface area contributed by atoms with Crippen molar-refractivity contribution in [2.24, 2.45) is 0 Å². The Balaban J connectivity index is 1.25. The topological polar surface area (TPSA) is 58.9 Å². The van der Waals surface area contributed by atoms with Crippen LogP contribution in [0.15, 0.2) is 194 Å². The highest BCUT2D eigenvalue weighted by Crippen LogP contribution is 2.50. The summed E-state index contributed by atoms with van der Waals surface area (Å²) in [6.45, 7) is -0.136. The monoisotopic (exact) mass is 750 g/mol. The van der Waals surface area contributed by atoms with Gasteiger partial charge in [-0.2, -0.15) is 0 Å². The highest BCUT2D eigenvalue weighted by molar-refractivity contribution is 6.11. The lowest BCUT2D eigenvalue weighted by Crippen LogP contribution is -1.97. The first-order valence-electron chi connectivity index (χ1n) is 19.5. The van der Waals surface area contributed by atoms with Crippen LogP contribution < -0.4 is 9.47 Å². The molecular weight excluding hydrogens is 713 g/mol. The van der Waals surface area contributed by atoms with E-state index in [4.69, 9.17) is 9.47 Å². The van der Waals surface area contributed by atoms with Crippen LogP contribution in [0.4, 0.5) is 0 Å². The predicted molar refractivity (Wildman–Crippen MR) is 238 cm³/mol. The van der Waals surface area contributed by atoms with Crippen molar-refractivity contribution in [2.75, 3.05) is 0 Å². The van der Waals surface area contributed by atoms with Crippen LogP contribution in [0.25, 0.3) is 76.5 Å². The van der Waals surface area contributed by atoms with Crippen LogP contribution in [-0.4, -0.2) is 10.2 Å². The van der Waals surface area contributed by atoms with E-state index >= 15 is 0 Å². The van der Waals surface area contributed by atoms with Crippen molar-refractivity contribution in [1.29, 1.82) is 0 Å². The van der Waals surface area contributed by atoms with Gasteiger partial charge in [0.05, 0.1) is 13.2 Å². The van der Waals surface area contributed by atoms with Crippen LogP contribution in [-0.2, 0) is 13.2 Å². The van der Waals surface area contributed by atoms with E-state index in [1.807, 2.05) is 84.9 Å². The van der Waals surface area contributed by atoms with E-state index < -0.39 is 0 Å². The molecule has 0 unspecified atom stereocenters. The second-order valence-corrected chi connectivity index (χ2v) is 14.5. The van der Waals surface area contributed by atoms with Crippen LogP contribution in [0.5, 0.6) is 23.0 Å². The van der Waals surface area contributed by atoms with Crippen molar-refractivity contribution in [3.05, 3.63) is 205 Å². The average Bonchev–Trinajstić information content (AvgIpc) is 3.29. The molecule has 58 heavy (non-hydrogen) atoms. The van der Waals surface area contributed by atoms with Gasteiger partial charge in [0.25, 0.3) is 0 Å². The maximum absolute atomic E-state index is 10.2. The van der Waals surface area contributed by atoms with Gasteiger partial charge in [-0.3, -0.25) is 0 Å². The van der Waals surface area contributed by atoms with Crippen LogP contribution in [0.1, 0.15) is 11.1 Å². The van der Waals surface area contributed by atoms with E-state index in [2.05, 4.69) is 109 Å². The molecule has 0 aromatic heterocycles. The molecule has 0 aliphatic rings. The summed E-state index contributed by atoms with van der Waals surface area (Å²) in [5, 5.41) is 28.3. The Kier molecular flexibility index (Phi) is 9.11. The largest absolute Gasteiger partial charge is 0.456 e. The molecule has 0 saturated carbocycles. The lowest BCUT2D eigenvalue weighted by molar-refractivity contribution is 0.283. The fourth-order valence-corrected chi connectivity index (χ4v) is 8.28. The fraction of sp³-hybridized carbons (Fsp3) is 0.0370. The zero-order valence-corrected chi connectivity index (χ0v) is 31.6. The number of fused-ring (bicyclic) bond motifs is 4. The normalized spacial score (nSPS) is 11.4. The van der Waals surface area contributed by atoms with Gasteiger partial charge in [0.1, 0.15) is 23.0 Å². The first-order valence-corrected chi connectivity index (χ1v) is 19.5. The van der Waals surface area contributed by atoms with Crippen LogP contribution in [0, 0.1) is 0 Å². The molecule has 10 aromatic rings. The van der Waals surface area contributed by atoms with Crippen molar-refractivity contribution in [2.45, 2.75) is 13.2 Å². The van der Waals surface area contributed by atoms with Gasteiger partial charge >= 0.3 is 0 Å². The number of hydrogen-bond donors (Lipinski definition) is 2. The van der Waals surface area contributed by atoms with E-state index in [1.54, 1.807) is 0 Å². The Morgan fingerprint density at radius 1 is 0.293 bits per heavy atom. The van der Waals surface area contributed by atoms with Crippen LogP contribution >= 0.6 is 0 Å². The average molecular weight is 751 g/mol. The molecule has 0 spiro atoms. The number of benzene rings is 10. The second-order valence-electron chi connectivity index (χ2n) is 14.5. The quantitative estimate of drug-likeness (QED) is 0.154. The second kappa shape index (κ2) is 15.0. The third kappa shape index (κ3) is 6.31. The number of aliphatic hydroxyl groups is 2. The molecule has 0 bridgehead atoms. The summed E-state index contributed by atoms with van der Waals surface area (Å²) in [7, 11) is 0. The lowest BCUT2D eigenvalue weighted by Gasteiger charge is -2.21. The zero-order valence-electron chi connectivity index (χ0n) is 31.6. The van der Waals surface area contributed by atoms with E-state index in [0.29, 0.717) is 23.0 Å². The standard InChI is InChI=1S/C54H38O4/c55-33-41-23-27-49(47-17-9-7-15-43(41)47)57-51-29-21-39-31-37(35-11-3-1-4-12-35)19-25-45(39)53(51)54-46-26-20-38(36-13-5-2-6-14-36)32-40(46)22-30-52(54)58-50-28-24-42(34-56)44-16-8-10-18-48(44)50/h1-32,55-56H,33-34H2. The lowest BCUT2D eigenvalue weighted by atomic mass is 9.90. The summed E-state index contributed by atoms with van der Waals surface area (Å²) in [4.78, 5) is 0. The maximum Gasteiger partial charge on any atom is 0.136 e. The van der Waals surface area contributed by atoms with Crippen molar-refractivity contribution < 1.29 is 19.7 Å². The Hall–Kier alpha value is -7.24. The highest BCUT2D eigenvalue weighted by atomic mass is 16.5. The molecule has 0 aliphatic heterocycles. The van der Waals surface area contributed by atoms with E-state index in [0.717, 1.165) is 87.6 Å². The van der Waals surface area contributed by atoms with Crippen molar-refractivity contribution in [3.8, 4) is 56.4 Å². The summed E-state index contributed by atoms with van der Waals surface area (Å²) < 4.78 is 14.2. The Morgan fingerprint density at radius 2 is 0.672 bits per heavy atom. The van der Waals surface area contributed by atoms with Gasteiger partial charge in [-0.05, 0) is 102 Å². The van der Waals surface area contributed by atoms with Crippen molar-refractivity contribution >= 4 is 43.1 Å². The molecule has 0 aliphatic carbocycles. The summed E-state index contributed by atoms with van der Waals surface area (Å²) in [5.74, 6) is 2.72. The smallest absolute Gasteiger partial charge is 0.136 e. The van der Waals surface area contributed by atoms with Gasteiger partial charge in [-0.15, -0.1) is 0 Å². The van der Waals surface area contributed by atoms with Crippen LogP contribution in [0.3, 0.4) is 0 Å². The molecule has 0 fully saturated rings. The number of rotatable bonds is 9. The van der Waals surface area contributed by atoms with Gasteiger partial charge in [-0.25, -0.2) is 0 Å². The molecule has 10 aromatic carbocycles. The minimum absolute atomic E-state index is 0.0681. The maximum atomic E-state index is 10.2. The minimum Gasteiger partial charge on any atom is -0.456 e. The molecular formula is C54H38O4. The molecule has 0 saturated heterocycles. The summed E-state index contributed by atoms with van der Waals surface area (Å²) in [6.07, 6.45) is 0. The molecule has 0 heterocycles. The van der Waals surface area contributed by atoms with Crippen molar-refractivity contribution in [3.63, 3.8) is 0 Å². The first-order chi connectivity index (χ1) is 28.7. The summed E-state index contributed by atoms with van der Waals surface area (Å²) >= 11 is 0. The van der Waals surface area contributed by atoms with Crippen LogP contribution in [0.2, 0.25) is 0 Å². The zero-order chi connectivity index (χ0) is 39.0. The van der Waals surface area contributed by atoms with Gasteiger partial charge in [0, 0.05) is 21.9 Å². The molecule has 0 atom stereocenters. The molecule has 2 N–H and O–H groups in total. The summed E-state index contributed by atoms with van der Waals surface area (Å²) in [6, 6.07) is 66.3. The van der Waals surface area contributed by atoms with Gasteiger partial charge in [-0.1, -0.05) is 158 Å². The van der Waals surface area contributed by atoms with E-state index in [9.17, 15) is 10.2 Å². The first kappa shape index (κ1) is 35.2. The molecule has 0 radical (unpaired) electrons. The van der Waals surface area contributed by atoms with Gasteiger partial charge < -0.3 is 19.7 Å². The van der Waals surface area contributed by atoms with Gasteiger partial charge in [0.2, 0.25) is 0 Å². The van der Waals surface area contributed by atoms with E-state index in [1.165, 1.54) is 0 Å². The Labute approximate surface area is 336 Å². The number of ether oxygens (including phenoxy) is 2. The SMILES string of the molecule is OCc1ccc(Oc2ccc3cc(-c4ccccc4)ccc3c2-c2c(Oc3ccc(CO)c4ccccc34)ccc3cc(-c4ccccc4)ccc23)c2ccccc12. The predicted octanol–water partition coefficient (Wildman–Crippen LogP) is 13.9. The Bertz CT molecular complexity index is 2920. The highest BCUT2D eigenvalue weighted by Gasteiger charge is 2.22. The summed E-state index contributed by atoms with van der Waals surface area (Å²) in [5.41, 5.74) is 8.01. The molecule has 278 valence electrons. The molecule has 10 rings (SSSR count). The van der Waals surface area contributed by atoms with Gasteiger partial charge in [0.15, 0.2) is 0 Å². The number of hydrogen-bond acceptors (Lipinski definition) is 4. The van der Waals surface area contributed by atoms with Crippen molar-refractivity contribution in [1.82, 2.24) is 0 Å². The Morgan fingerprint density at radius 3 is 1.09 bits per heavy atom. The fourth-order valence-electron chi connectivity index (χ4n) is 8.28. The third-order valence-corrected chi connectivity index (χ3v) is 11.2. The third-order valence-electron chi connectivity index (χ3n) is 11.2. The number of aliphatic hydroxyl groups excluding tert-OH is 2. The molecule has 4 heteroatoms.